The lowest BCUT2D eigenvalue weighted by Crippen LogP contribution is -2.23. The number of fused-ring (bicyclic) bond motifs is 1. The molecule has 1 saturated carbocycles. The molecule has 2 fully saturated rings. The molecule has 4 heteroatoms. The van der Waals surface area contributed by atoms with E-state index >= 15 is 0 Å². The molecule has 0 unspecified atom stereocenters. The summed E-state index contributed by atoms with van der Waals surface area (Å²) in [6.45, 7) is 6.66. The lowest BCUT2D eigenvalue weighted by atomic mass is 9.77. The molecule has 1 aromatic rings. The van der Waals surface area contributed by atoms with Gasteiger partial charge in [0.15, 0.2) is 0 Å². The zero-order chi connectivity index (χ0) is 15.4. The highest BCUT2D eigenvalue weighted by Crippen LogP contribution is 2.40. The van der Waals surface area contributed by atoms with Crippen LogP contribution in [-0.2, 0) is 11.3 Å². The van der Waals surface area contributed by atoms with Crippen LogP contribution in [0, 0.1) is 11.8 Å². The zero-order valence-electron chi connectivity index (χ0n) is 13.4. The van der Waals surface area contributed by atoms with Gasteiger partial charge in [0.1, 0.15) is 5.75 Å². The molecule has 1 heterocycles. The number of ether oxygens (including phenoxy) is 1. The lowest BCUT2D eigenvalue weighted by molar-refractivity contribution is -0.119. The summed E-state index contributed by atoms with van der Waals surface area (Å²) in [5.41, 5.74) is 1.09. The third kappa shape index (κ3) is 4.01. The van der Waals surface area contributed by atoms with E-state index < -0.39 is 0 Å². The van der Waals surface area contributed by atoms with E-state index in [4.69, 9.17) is 4.74 Å². The van der Waals surface area contributed by atoms with Crippen LogP contribution >= 0.6 is 0 Å². The predicted molar refractivity (Wildman–Crippen MR) is 86.7 cm³/mol. The molecule has 3 rings (SSSR count). The summed E-state index contributed by atoms with van der Waals surface area (Å²) in [5.74, 6) is 2.90. The molecule has 4 nitrogen and oxygen atoms in total. The number of amides is 1. The Kier molecular flexibility index (Phi) is 4.98. The maximum Gasteiger partial charge on any atom is 0.217 e. The van der Waals surface area contributed by atoms with Gasteiger partial charge in [-0.05, 0) is 48.8 Å². The number of hydrogen-bond donors (Lipinski definition) is 1. The number of rotatable bonds is 7. The normalized spacial score (nSPS) is 23.7. The van der Waals surface area contributed by atoms with Gasteiger partial charge in [0.05, 0.1) is 6.61 Å². The van der Waals surface area contributed by atoms with E-state index in [2.05, 4.69) is 10.2 Å². The van der Waals surface area contributed by atoms with Gasteiger partial charge in [0, 0.05) is 33.1 Å². The topological polar surface area (TPSA) is 41.6 Å². The fraction of sp³-hybridized carbons (Fsp3) is 0.611. The fourth-order valence-electron chi connectivity index (χ4n) is 3.45. The van der Waals surface area contributed by atoms with Crippen molar-refractivity contribution in [2.45, 2.75) is 32.7 Å². The molecule has 120 valence electrons. The number of nitrogens with zero attached hydrogens (tertiary/aromatic N) is 1. The van der Waals surface area contributed by atoms with Crippen LogP contribution in [0.1, 0.15) is 31.7 Å². The van der Waals surface area contributed by atoms with Gasteiger partial charge < -0.3 is 15.0 Å². The summed E-state index contributed by atoms with van der Waals surface area (Å²) in [6, 6.07) is 7.97. The number of carbonyl (C=O) groups excluding carboxylic acids is 1. The summed E-state index contributed by atoms with van der Waals surface area (Å²) in [4.78, 5) is 13.5. The van der Waals surface area contributed by atoms with Crippen molar-refractivity contribution >= 4 is 5.91 Å². The summed E-state index contributed by atoms with van der Waals surface area (Å²) < 4.78 is 5.80. The SMILES string of the molecule is CC(=O)NCc1ccc(OCCCN2C[C@H]3CC[C@H]3C2)cc1. The first-order valence-corrected chi connectivity index (χ1v) is 8.39. The molecule has 1 N–H and O–H groups in total. The second-order valence-electron chi connectivity index (χ2n) is 6.61. The summed E-state index contributed by atoms with van der Waals surface area (Å²) in [6.07, 6.45) is 3.98. The Morgan fingerprint density at radius 3 is 2.50 bits per heavy atom. The van der Waals surface area contributed by atoms with E-state index in [1.807, 2.05) is 24.3 Å². The van der Waals surface area contributed by atoms with Gasteiger partial charge in [-0.2, -0.15) is 0 Å². The zero-order valence-corrected chi connectivity index (χ0v) is 13.4. The molecular weight excluding hydrogens is 276 g/mol. The molecule has 0 spiro atoms. The Balaban J connectivity index is 1.32. The molecule has 0 bridgehead atoms. The van der Waals surface area contributed by atoms with Gasteiger partial charge in [-0.1, -0.05) is 12.1 Å². The van der Waals surface area contributed by atoms with Crippen LogP contribution in [0.4, 0.5) is 0 Å². The van der Waals surface area contributed by atoms with Gasteiger partial charge in [-0.15, -0.1) is 0 Å². The number of hydrogen-bond acceptors (Lipinski definition) is 3. The highest BCUT2D eigenvalue weighted by atomic mass is 16.5. The summed E-state index contributed by atoms with van der Waals surface area (Å²) in [7, 11) is 0. The minimum atomic E-state index is -0.00400. The molecule has 2 aliphatic rings. The largest absolute Gasteiger partial charge is 0.494 e. The second kappa shape index (κ2) is 7.14. The monoisotopic (exact) mass is 302 g/mol. The number of likely N-dealkylation sites (tertiary alicyclic amines) is 1. The Morgan fingerprint density at radius 1 is 1.23 bits per heavy atom. The maximum absolute atomic E-state index is 10.9. The average Bonchev–Trinajstić information content (AvgIpc) is 2.78. The molecular formula is C18H26N2O2. The van der Waals surface area contributed by atoms with Crippen LogP contribution in [0.2, 0.25) is 0 Å². The highest BCUT2D eigenvalue weighted by Gasteiger charge is 2.38. The number of nitrogens with one attached hydrogen (secondary N) is 1. The molecule has 0 aromatic heterocycles. The van der Waals surface area contributed by atoms with Crippen molar-refractivity contribution in [3.63, 3.8) is 0 Å². The predicted octanol–water partition coefficient (Wildman–Crippen LogP) is 2.43. The first kappa shape index (κ1) is 15.3. The van der Waals surface area contributed by atoms with Crippen LogP contribution in [0.5, 0.6) is 5.75 Å². The summed E-state index contributed by atoms with van der Waals surface area (Å²) in [5, 5.41) is 2.79. The second-order valence-corrected chi connectivity index (χ2v) is 6.61. The standard InChI is InChI=1S/C18H26N2O2/c1-14(21)19-11-15-3-7-18(8-4-15)22-10-2-9-20-12-16-5-6-17(16)13-20/h3-4,7-8,16-17H,2,5-6,9-13H2,1H3,(H,19,21)/t16-,17+. The van der Waals surface area contributed by atoms with Crippen LogP contribution in [0.3, 0.4) is 0 Å². The van der Waals surface area contributed by atoms with Gasteiger partial charge in [-0.25, -0.2) is 0 Å². The fourth-order valence-corrected chi connectivity index (χ4v) is 3.45. The van der Waals surface area contributed by atoms with Crippen molar-refractivity contribution in [3.05, 3.63) is 29.8 Å². The van der Waals surface area contributed by atoms with E-state index in [0.717, 1.165) is 42.7 Å². The Bertz CT molecular complexity index is 488. The number of carbonyl (C=O) groups is 1. The van der Waals surface area contributed by atoms with E-state index in [9.17, 15) is 4.79 Å². The first-order valence-electron chi connectivity index (χ1n) is 8.39. The van der Waals surface area contributed by atoms with E-state index in [0.29, 0.717) is 6.54 Å². The van der Waals surface area contributed by atoms with Crippen molar-refractivity contribution in [3.8, 4) is 5.75 Å². The lowest BCUT2D eigenvalue weighted by Gasteiger charge is -2.28. The molecule has 1 amide bonds. The van der Waals surface area contributed by atoms with E-state index in [-0.39, 0.29) is 5.91 Å². The molecule has 2 atom stereocenters. The van der Waals surface area contributed by atoms with Gasteiger partial charge >= 0.3 is 0 Å². The third-order valence-corrected chi connectivity index (χ3v) is 4.91. The van der Waals surface area contributed by atoms with Gasteiger partial charge in [0.25, 0.3) is 0 Å². The highest BCUT2D eigenvalue weighted by molar-refractivity contribution is 5.72. The molecule has 1 aliphatic heterocycles. The van der Waals surface area contributed by atoms with Gasteiger partial charge in [0.2, 0.25) is 5.91 Å². The quantitative estimate of drug-likeness (QED) is 0.787. The molecule has 1 aromatic carbocycles. The van der Waals surface area contributed by atoms with Crippen LogP contribution in [0.15, 0.2) is 24.3 Å². The average molecular weight is 302 g/mol. The third-order valence-electron chi connectivity index (χ3n) is 4.91. The van der Waals surface area contributed by atoms with Crippen molar-refractivity contribution in [1.82, 2.24) is 10.2 Å². The van der Waals surface area contributed by atoms with Crippen LogP contribution < -0.4 is 10.1 Å². The molecule has 22 heavy (non-hydrogen) atoms. The molecule has 1 aliphatic carbocycles. The Hall–Kier alpha value is -1.55. The summed E-state index contributed by atoms with van der Waals surface area (Å²) >= 11 is 0. The van der Waals surface area contributed by atoms with Crippen LogP contribution in [-0.4, -0.2) is 37.0 Å². The Morgan fingerprint density at radius 2 is 1.91 bits per heavy atom. The van der Waals surface area contributed by atoms with Crippen molar-refractivity contribution in [2.24, 2.45) is 11.8 Å². The van der Waals surface area contributed by atoms with E-state index in [1.165, 1.54) is 32.9 Å². The van der Waals surface area contributed by atoms with E-state index in [1.54, 1.807) is 0 Å². The number of benzene rings is 1. The van der Waals surface area contributed by atoms with Gasteiger partial charge in [-0.3, -0.25) is 4.79 Å². The molecule has 1 saturated heterocycles. The van der Waals surface area contributed by atoms with Crippen LogP contribution in [0.25, 0.3) is 0 Å². The minimum absolute atomic E-state index is 0.00400. The van der Waals surface area contributed by atoms with Crippen molar-refractivity contribution in [1.29, 1.82) is 0 Å². The molecule has 0 radical (unpaired) electrons. The smallest absolute Gasteiger partial charge is 0.217 e. The van der Waals surface area contributed by atoms with Crippen molar-refractivity contribution in [2.75, 3.05) is 26.2 Å². The van der Waals surface area contributed by atoms with Crippen molar-refractivity contribution < 1.29 is 9.53 Å². The maximum atomic E-state index is 10.9. The Labute approximate surface area is 132 Å². The first-order chi connectivity index (χ1) is 10.7. The minimum Gasteiger partial charge on any atom is -0.494 e.